The molecule has 0 fully saturated rings. The lowest BCUT2D eigenvalue weighted by Crippen LogP contribution is -2.16. The Labute approximate surface area is 168 Å². The van der Waals surface area contributed by atoms with Gasteiger partial charge in [0, 0.05) is 23.7 Å². The number of nitrogens with two attached hydrogens (primary N) is 1. The van der Waals surface area contributed by atoms with Gasteiger partial charge in [-0.3, -0.25) is 10.5 Å². The lowest BCUT2D eigenvalue weighted by Gasteiger charge is -2.11. The molecule has 1 aromatic heterocycles. The van der Waals surface area contributed by atoms with Crippen LogP contribution in [0.1, 0.15) is 12.5 Å². The van der Waals surface area contributed by atoms with Crippen molar-refractivity contribution in [2.45, 2.75) is 6.92 Å². The maximum atomic E-state index is 11.2. The van der Waals surface area contributed by atoms with E-state index < -0.39 is 0 Å². The van der Waals surface area contributed by atoms with Crippen molar-refractivity contribution in [1.82, 2.24) is 0 Å². The second-order valence-corrected chi connectivity index (χ2v) is 6.33. The number of anilines is 2. The van der Waals surface area contributed by atoms with Gasteiger partial charge < -0.3 is 14.8 Å². The van der Waals surface area contributed by atoms with Gasteiger partial charge in [0.25, 0.3) is 5.82 Å². The first kappa shape index (κ1) is 19.7. The van der Waals surface area contributed by atoms with Crippen LogP contribution in [0.25, 0.3) is 22.4 Å². The molecule has 4 N–H and O–H groups in total. The number of nitrogens with zero attached hydrogens (tertiary/aromatic N) is 1. The van der Waals surface area contributed by atoms with E-state index in [2.05, 4.69) is 16.4 Å². The van der Waals surface area contributed by atoms with Crippen molar-refractivity contribution in [3.05, 3.63) is 54.1 Å². The molecule has 0 aliphatic heterocycles. The van der Waals surface area contributed by atoms with Gasteiger partial charge in [-0.1, -0.05) is 6.07 Å². The summed E-state index contributed by atoms with van der Waals surface area (Å²) in [5.74, 6) is 1.28. The first-order chi connectivity index (χ1) is 14.0. The quantitative estimate of drug-likeness (QED) is 0.696. The van der Waals surface area contributed by atoms with Crippen LogP contribution in [-0.2, 0) is 4.79 Å². The third-order valence-corrected chi connectivity index (χ3v) is 4.42. The SMILES string of the molecule is COc1ccc(-c2cc(-c3ccc(NC(C)=O)cc3)[nH+]c(N)c2C#N)cc1OC. The van der Waals surface area contributed by atoms with Crippen LogP contribution in [0.2, 0.25) is 0 Å². The number of hydrogen-bond donors (Lipinski definition) is 2. The first-order valence-corrected chi connectivity index (χ1v) is 8.83. The average molecular weight is 389 g/mol. The standard InChI is InChI=1S/C22H20N4O3/c1-13(27)25-16-7-4-14(5-8-16)19-11-17(18(12-23)22(24)26-19)15-6-9-20(28-2)21(10-15)29-3/h4-11H,1-3H3,(H2,24,26)(H,25,27)/p+1. The maximum Gasteiger partial charge on any atom is 0.289 e. The van der Waals surface area contributed by atoms with Crippen molar-refractivity contribution in [1.29, 1.82) is 5.26 Å². The number of amides is 1. The van der Waals surface area contributed by atoms with Gasteiger partial charge in [-0.2, -0.15) is 5.26 Å². The summed E-state index contributed by atoms with van der Waals surface area (Å²) in [7, 11) is 3.12. The minimum atomic E-state index is -0.136. The number of nitriles is 1. The van der Waals surface area contributed by atoms with Crippen LogP contribution >= 0.6 is 0 Å². The minimum absolute atomic E-state index is 0.136. The molecule has 0 unspecified atom stereocenters. The normalized spacial score (nSPS) is 10.1. The molecule has 2 aromatic carbocycles. The van der Waals surface area contributed by atoms with Gasteiger partial charge in [-0.05, 0) is 48.0 Å². The van der Waals surface area contributed by atoms with E-state index in [1.165, 1.54) is 6.92 Å². The fourth-order valence-electron chi connectivity index (χ4n) is 3.05. The summed E-state index contributed by atoms with van der Waals surface area (Å²) in [6.45, 7) is 1.46. The Kier molecular flexibility index (Phi) is 5.65. The lowest BCUT2D eigenvalue weighted by molar-refractivity contribution is -0.346. The topological polar surface area (TPSA) is 112 Å². The Bertz CT molecular complexity index is 1100. The van der Waals surface area contributed by atoms with Crippen molar-refractivity contribution in [2.24, 2.45) is 0 Å². The fraction of sp³-hybridized carbons (Fsp3) is 0.136. The molecule has 29 heavy (non-hydrogen) atoms. The van der Waals surface area contributed by atoms with Crippen molar-refractivity contribution < 1.29 is 19.3 Å². The molecule has 3 rings (SSSR count). The second-order valence-electron chi connectivity index (χ2n) is 6.33. The van der Waals surface area contributed by atoms with Crippen LogP contribution < -0.4 is 25.5 Å². The van der Waals surface area contributed by atoms with Gasteiger partial charge in [-0.15, -0.1) is 0 Å². The molecule has 0 aliphatic rings. The number of carbonyl (C=O) groups is 1. The van der Waals surface area contributed by atoms with Crippen LogP contribution in [0, 0.1) is 11.3 Å². The van der Waals surface area contributed by atoms with E-state index in [9.17, 15) is 10.1 Å². The van der Waals surface area contributed by atoms with Crippen LogP contribution in [0.15, 0.2) is 48.5 Å². The van der Waals surface area contributed by atoms with Crippen molar-refractivity contribution in [2.75, 3.05) is 25.3 Å². The monoisotopic (exact) mass is 389 g/mol. The van der Waals surface area contributed by atoms with Gasteiger partial charge >= 0.3 is 0 Å². The number of pyridine rings is 1. The van der Waals surface area contributed by atoms with Crippen LogP contribution in [0.4, 0.5) is 11.5 Å². The zero-order valence-electron chi connectivity index (χ0n) is 16.4. The van der Waals surface area contributed by atoms with Crippen molar-refractivity contribution in [3.8, 4) is 40.0 Å². The predicted octanol–water partition coefficient (Wildman–Crippen LogP) is 3.26. The molecule has 0 spiro atoms. The molecule has 7 heteroatoms. The smallest absolute Gasteiger partial charge is 0.289 e. The summed E-state index contributed by atoms with van der Waals surface area (Å²) >= 11 is 0. The Balaban J connectivity index is 2.10. The number of ether oxygens (including phenoxy) is 2. The molecule has 0 aliphatic carbocycles. The number of benzene rings is 2. The lowest BCUT2D eigenvalue weighted by atomic mass is 9.98. The van der Waals surface area contributed by atoms with Crippen molar-refractivity contribution >= 4 is 17.4 Å². The number of carbonyl (C=O) groups excluding carboxylic acids is 1. The molecule has 146 valence electrons. The van der Waals surface area contributed by atoms with E-state index in [-0.39, 0.29) is 11.7 Å². The van der Waals surface area contributed by atoms with Crippen molar-refractivity contribution in [3.63, 3.8) is 0 Å². The average Bonchev–Trinajstić information content (AvgIpc) is 2.72. The number of aromatic nitrogens is 1. The summed E-state index contributed by atoms with van der Waals surface area (Å²) in [5.41, 5.74) is 10.2. The maximum absolute atomic E-state index is 11.2. The number of nitrogen functional groups attached to an aromatic ring is 1. The Morgan fingerprint density at radius 3 is 2.28 bits per heavy atom. The highest BCUT2D eigenvalue weighted by Crippen LogP contribution is 2.35. The number of nitrogens with one attached hydrogen (secondary N) is 2. The summed E-state index contributed by atoms with van der Waals surface area (Å²) in [6, 6.07) is 16.8. The molecule has 0 radical (unpaired) electrons. The van der Waals surface area contributed by atoms with Gasteiger partial charge in [0.1, 0.15) is 17.3 Å². The third kappa shape index (κ3) is 4.12. The Morgan fingerprint density at radius 2 is 1.69 bits per heavy atom. The summed E-state index contributed by atoms with van der Waals surface area (Å²) in [5, 5.41) is 12.4. The number of rotatable bonds is 5. The highest BCUT2D eigenvalue weighted by atomic mass is 16.5. The second kappa shape index (κ2) is 8.31. The predicted molar refractivity (Wildman–Crippen MR) is 110 cm³/mol. The molecule has 0 saturated heterocycles. The van der Waals surface area contributed by atoms with E-state index >= 15 is 0 Å². The zero-order valence-corrected chi connectivity index (χ0v) is 16.4. The van der Waals surface area contributed by atoms with E-state index in [1.54, 1.807) is 38.5 Å². The van der Waals surface area contributed by atoms with E-state index in [0.717, 1.165) is 16.8 Å². The molecule has 0 atom stereocenters. The van der Waals surface area contributed by atoms with E-state index in [0.29, 0.717) is 28.3 Å². The summed E-state index contributed by atoms with van der Waals surface area (Å²) in [4.78, 5) is 14.3. The van der Waals surface area contributed by atoms with Crippen LogP contribution in [-0.4, -0.2) is 20.1 Å². The number of methoxy groups -OCH3 is 2. The molecule has 0 saturated carbocycles. The largest absolute Gasteiger partial charge is 0.493 e. The van der Waals surface area contributed by atoms with E-state index in [1.807, 2.05) is 24.3 Å². The van der Waals surface area contributed by atoms with Gasteiger partial charge in [0.2, 0.25) is 5.91 Å². The molecular weight excluding hydrogens is 368 g/mol. The molecule has 7 nitrogen and oxygen atoms in total. The molecule has 1 amide bonds. The molecule has 1 heterocycles. The highest BCUT2D eigenvalue weighted by Gasteiger charge is 2.18. The molecule has 0 bridgehead atoms. The highest BCUT2D eigenvalue weighted by molar-refractivity contribution is 5.89. The summed E-state index contributed by atoms with van der Waals surface area (Å²) < 4.78 is 10.7. The van der Waals surface area contributed by atoms with E-state index in [4.69, 9.17) is 15.2 Å². The van der Waals surface area contributed by atoms with Crippen LogP contribution in [0.3, 0.4) is 0 Å². The fourth-order valence-corrected chi connectivity index (χ4v) is 3.05. The number of H-pyrrole nitrogens is 1. The van der Waals surface area contributed by atoms with Gasteiger partial charge in [0.05, 0.1) is 14.2 Å². The first-order valence-electron chi connectivity index (χ1n) is 8.83. The Morgan fingerprint density at radius 1 is 1.03 bits per heavy atom. The molecule has 3 aromatic rings. The number of aromatic amines is 1. The Hall–Kier alpha value is -4.05. The van der Waals surface area contributed by atoms with Gasteiger partial charge in [-0.25, -0.2) is 4.98 Å². The number of hydrogen-bond acceptors (Lipinski definition) is 5. The summed E-state index contributed by atoms with van der Waals surface area (Å²) in [6.07, 6.45) is 0. The van der Waals surface area contributed by atoms with Gasteiger partial charge in [0.15, 0.2) is 11.5 Å². The molecular formula is C22H21N4O3+. The minimum Gasteiger partial charge on any atom is -0.493 e. The zero-order chi connectivity index (χ0) is 21.0. The third-order valence-electron chi connectivity index (χ3n) is 4.42. The van der Waals surface area contributed by atoms with Crippen LogP contribution in [0.5, 0.6) is 11.5 Å².